The zero-order chi connectivity index (χ0) is 11.5. The van der Waals surface area contributed by atoms with E-state index in [1.165, 1.54) is 16.2 Å². The van der Waals surface area contributed by atoms with Gasteiger partial charge in [0.1, 0.15) is 0 Å². The summed E-state index contributed by atoms with van der Waals surface area (Å²) in [5.74, 6) is 0.0434. The Balaban J connectivity index is 2.52. The highest BCUT2D eigenvalue weighted by Gasteiger charge is 2.13. The van der Waals surface area contributed by atoms with E-state index in [9.17, 15) is 4.79 Å². The van der Waals surface area contributed by atoms with Gasteiger partial charge in [0.2, 0.25) is 0 Å². The van der Waals surface area contributed by atoms with E-state index in [4.69, 9.17) is 0 Å². The summed E-state index contributed by atoms with van der Waals surface area (Å²) < 4.78 is 0. The van der Waals surface area contributed by atoms with Crippen LogP contribution in [-0.2, 0) is 6.42 Å². The molecule has 0 amide bonds. The average Bonchev–Trinajstić information content (AvgIpc) is 2.74. The molecule has 0 spiro atoms. The number of nitrogens with zero attached hydrogens (tertiary/aromatic N) is 1. The second kappa shape index (κ2) is 4.58. The van der Waals surface area contributed by atoms with E-state index in [0.29, 0.717) is 5.01 Å². The third-order valence-electron chi connectivity index (χ3n) is 2.37. The highest BCUT2D eigenvalue weighted by Crippen LogP contribution is 2.28. The van der Waals surface area contributed by atoms with Gasteiger partial charge in [0.15, 0.2) is 10.8 Å². The Morgan fingerprint density at radius 1 is 1.31 bits per heavy atom. The van der Waals surface area contributed by atoms with Crippen molar-refractivity contribution >= 4 is 17.1 Å². The number of thiazole rings is 1. The molecule has 0 fully saturated rings. The molecular weight excluding hydrogens is 218 g/mol. The number of hydrogen-bond donors (Lipinski definition) is 0. The van der Waals surface area contributed by atoms with Crippen LogP contribution < -0.4 is 0 Å². The zero-order valence-electron chi connectivity index (χ0n) is 9.36. The quantitative estimate of drug-likeness (QED) is 0.756. The summed E-state index contributed by atoms with van der Waals surface area (Å²) in [4.78, 5) is 16.9. The third-order valence-corrected chi connectivity index (χ3v) is 3.67. The van der Waals surface area contributed by atoms with E-state index in [1.54, 1.807) is 6.92 Å². The van der Waals surface area contributed by atoms with Gasteiger partial charge in [-0.2, -0.15) is 0 Å². The molecule has 0 aliphatic rings. The maximum absolute atomic E-state index is 11.3. The Kier molecular flexibility index (Phi) is 3.15. The fourth-order valence-electron chi connectivity index (χ4n) is 1.56. The van der Waals surface area contributed by atoms with Gasteiger partial charge < -0.3 is 0 Å². The molecule has 0 atom stereocenters. The molecule has 82 valence electrons. The number of benzene rings is 1. The maximum atomic E-state index is 11.3. The largest absolute Gasteiger partial charge is 0.292 e. The van der Waals surface area contributed by atoms with Crippen LogP contribution in [0.3, 0.4) is 0 Å². The van der Waals surface area contributed by atoms with Crippen LogP contribution in [0.15, 0.2) is 30.3 Å². The van der Waals surface area contributed by atoms with E-state index >= 15 is 0 Å². The maximum Gasteiger partial charge on any atom is 0.188 e. The lowest BCUT2D eigenvalue weighted by Gasteiger charge is -1.98. The minimum absolute atomic E-state index is 0.0434. The monoisotopic (exact) mass is 231 g/mol. The molecule has 2 aromatic rings. The summed E-state index contributed by atoms with van der Waals surface area (Å²) in [5, 5.41) is 0.607. The Hall–Kier alpha value is -1.48. The van der Waals surface area contributed by atoms with E-state index in [1.807, 2.05) is 30.3 Å². The lowest BCUT2D eigenvalue weighted by molar-refractivity contribution is 0.101. The van der Waals surface area contributed by atoms with Crippen molar-refractivity contribution in [2.75, 3.05) is 0 Å². The summed E-state index contributed by atoms with van der Waals surface area (Å²) >= 11 is 1.50. The molecule has 2 rings (SSSR count). The molecule has 1 aromatic carbocycles. The molecule has 0 aliphatic carbocycles. The molecule has 1 heterocycles. The summed E-state index contributed by atoms with van der Waals surface area (Å²) in [7, 11) is 0. The fraction of sp³-hybridized carbons (Fsp3) is 0.231. The number of rotatable bonds is 3. The predicted molar refractivity (Wildman–Crippen MR) is 66.9 cm³/mol. The molecule has 3 heteroatoms. The van der Waals surface area contributed by atoms with Crippen molar-refractivity contribution in [2.24, 2.45) is 0 Å². The number of carbonyl (C=O) groups excluding carboxylic acids is 1. The smallest absolute Gasteiger partial charge is 0.188 e. The van der Waals surface area contributed by atoms with Gasteiger partial charge in [-0.15, -0.1) is 11.3 Å². The minimum Gasteiger partial charge on any atom is -0.292 e. The van der Waals surface area contributed by atoms with Crippen LogP contribution in [0.2, 0.25) is 0 Å². The van der Waals surface area contributed by atoms with Crippen LogP contribution >= 0.6 is 11.3 Å². The Bertz CT molecular complexity index is 502. The first-order chi connectivity index (χ1) is 7.72. The zero-order valence-corrected chi connectivity index (χ0v) is 10.2. The number of aromatic nitrogens is 1. The highest BCUT2D eigenvalue weighted by atomic mass is 32.1. The molecule has 0 unspecified atom stereocenters. The summed E-state index contributed by atoms with van der Waals surface area (Å²) in [6.45, 7) is 3.65. The van der Waals surface area contributed by atoms with E-state index in [0.717, 1.165) is 17.7 Å². The summed E-state index contributed by atoms with van der Waals surface area (Å²) in [6.07, 6.45) is 0.912. The van der Waals surface area contributed by atoms with Gasteiger partial charge in [-0.1, -0.05) is 37.3 Å². The molecule has 0 bridgehead atoms. The Labute approximate surface area is 99.0 Å². The van der Waals surface area contributed by atoms with Gasteiger partial charge in [0.25, 0.3) is 0 Å². The molecule has 0 saturated heterocycles. The summed E-state index contributed by atoms with van der Waals surface area (Å²) in [6, 6.07) is 10.0. The van der Waals surface area contributed by atoms with Crippen LogP contribution in [0.4, 0.5) is 0 Å². The van der Waals surface area contributed by atoms with E-state index in [2.05, 4.69) is 11.9 Å². The third kappa shape index (κ3) is 2.04. The van der Waals surface area contributed by atoms with Gasteiger partial charge in [-0.05, 0) is 6.42 Å². The van der Waals surface area contributed by atoms with E-state index in [-0.39, 0.29) is 5.78 Å². The van der Waals surface area contributed by atoms with Gasteiger partial charge in [-0.25, -0.2) is 4.98 Å². The SMILES string of the molecule is CCc1sc(C(C)=O)nc1-c1ccccc1. The van der Waals surface area contributed by atoms with Crippen LogP contribution in [0.25, 0.3) is 11.3 Å². The number of aryl methyl sites for hydroxylation is 1. The minimum atomic E-state index is 0.0434. The predicted octanol–water partition coefficient (Wildman–Crippen LogP) is 3.58. The average molecular weight is 231 g/mol. The molecule has 1 aromatic heterocycles. The molecule has 0 saturated carbocycles. The Morgan fingerprint density at radius 2 is 2.00 bits per heavy atom. The second-order valence-electron chi connectivity index (χ2n) is 3.57. The molecular formula is C13H13NOS. The summed E-state index contributed by atoms with van der Waals surface area (Å²) in [5.41, 5.74) is 2.04. The first-order valence-electron chi connectivity index (χ1n) is 5.28. The van der Waals surface area contributed by atoms with Gasteiger partial charge in [0.05, 0.1) is 5.69 Å². The van der Waals surface area contributed by atoms with Gasteiger partial charge in [0, 0.05) is 17.4 Å². The second-order valence-corrected chi connectivity index (χ2v) is 4.65. The molecule has 0 aliphatic heterocycles. The van der Waals surface area contributed by atoms with Crippen molar-refractivity contribution in [1.82, 2.24) is 4.98 Å². The number of carbonyl (C=O) groups is 1. The number of Topliss-reactive ketones (excluding diaryl/α,β-unsaturated/α-hetero) is 1. The molecule has 16 heavy (non-hydrogen) atoms. The van der Waals surface area contributed by atoms with Gasteiger partial charge in [-0.3, -0.25) is 4.79 Å². The van der Waals surface area contributed by atoms with Crippen molar-refractivity contribution in [1.29, 1.82) is 0 Å². The highest BCUT2D eigenvalue weighted by molar-refractivity contribution is 7.14. The topological polar surface area (TPSA) is 30.0 Å². The number of hydrogen-bond acceptors (Lipinski definition) is 3. The molecule has 0 N–H and O–H groups in total. The standard InChI is InChI=1S/C13H13NOS/c1-3-11-12(10-7-5-4-6-8-10)14-13(16-11)9(2)15/h4-8H,3H2,1-2H3. The molecule has 2 nitrogen and oxygen atoms in total. The van der Waals surface area contributed by atoms with Crippen LogP contribution in [0, 0.1) is 0 Å². The first kappa shape index (κ1) is 11.0. The van der Waals surface area contributed by atoms with Crippen LogP contribution in [-0.4, -0.2) is 10.8 Å². The lowest BCUT2D eigenvalue weighted by Crippen LogP contribution is -1.89. The normalized spacial score (nSPS) is 10.4. The van der Waals surface area contributed by atoms with Crippen LogP contribution in [0.1, 0.15) is 28.5 Å². The molecule has 0 radical (unpaired) electrons. The first-order valence-corrected chi connectivity index (χ1v) is 6.10. The van der Waals surface area contributed by atoms with Crippen molar-refractivity contribution in [3.63, 3.8) is 0 Å². The lowest BCUT2D eigenvalue weighted by atomic mass is 10.1. The van der Waals surface area contributed by atoms with Gasteiger partial charge >= 0.3 is 0 Å². The Morgan fingerprint density at radius 3 is 2.56 bits per heavy atom. The van der Waals surface area contributed by atoms with Crippen molar-refractivity contribution < 1.29 is 4.79 Å². The van der Waals surface area contributed by atoms with Crippen molar-refractivity contribution in [2.45, 2.75) is 20.3 Å². The fourth-order valence-corrected chi connectivity index (χ4v) is 2.48. The van der Waals surface area contributed by atoms with Crippen LogP contribution in [0.5, 0.6) is 0 Å². The van der Waals surface area contributed by atoms with E-state index < -0.39 is 0 Å². The van der Waals surface area contributed by atoms with Crippen molar-refractivity contribution in [3.05, 3.63) is 40.2 Å². The van der Waals surface area contributed by atoms with Crippen molar-refractivity contribution in [3.8, 4) is 11.3 Å². The number of ketones is 1.